The van der Waals surface area contributed by atoms with E-state index in [0.717, 1.165) is 15.7 Å². The highest BCUT2D eigenvalue weighted by Gasteiger charge is 2.09. The van der Waals surface area contributed by atoms with Gasteiger partial charge in [-0.1, -0.05) is 12.1 Å². The Labute approximate surface area is 91.1 Å². The van der Waals surface area contributed by atoms with Crippen LogP contribution in [0.25, 0.3) is 11.5 Å². The van der Waals surface area contributed by atoms with Crippen molar-refractivity contribution >= 4 is 15.9 Å². The first-order valence-electron chi connectivity index (χ1n) is 4.36. The minimum Gasteiger partial charge on any atom is -0.444 e. The highest BCUT2D eigenvalue weighted by atomic mass is 79.9. The van der Waals surface area contributed by atoms with Gasteiger partial charge in [-0.05, 0) is 41.4 Å². The third-order valence-corrected chi connectivity index (χ3v) is 3.09. The van der Waals surface area contributed by atoms with Crippen LogP contribution in [0.4, 0.5) is 0 Å². The Morgan fingerprint density at radius 2 is 2.07 bits per heavy atom. The van der Waals surface area contributed by atoms with E-state index < -0.39 is 0 Å². The average Bonchev–Trinajstić information content (AvgIpc) is 2.57. The second-order valence-electron chi connectivity index (χ2n) is 3.23. The van der Waals surface area contributed by atoms with E-state index in [0.29, 0.717) is 5.89 Å². The summed E-state index contributed by atoms with van der Waals surface area (Å²) in [6.07, 6.45) is 1.66. The molecular weight excluding hydrogens is 242 g/mol. The molecule has 0 aliphatic carbocycles. The monoisotopic (exact) mass is 251 g/mol. The summed E-state index contributed by atoms with van der Waals surface area (Å²) < 4.78 is 6.39. The molecule has 2 aromatic rings. The molecule has 0 atom stereocenters. The van der Waals surface area contributed by atoms with Crippen LogP contribution in [0.5, 0.6) is 0 Å². The first kappa shape index (κ1) is 9.46. The number of benzene rings is 1. The zero-order valence-electron chi connectivity index (χ0n) is 8.04. The topological polar surface area (TPSA) is 26.0 Å². The number of aryl methyl sites for hydroxylation is 2. The van der Waals surface area contributed by atoms with Crippen LogP contribution in [-0.4, -0.2) is 4.98 Å². The van der Waals surface area contributed by atoms with Crippen LogP contribution in [-0.2, 0) is 0 Å². The number of hydrogen-bond donors (Lipinski definition) is 0. The molecule has 3 heteroatoms. The molecule has 0 radical (unpaired) electrons. The van der Waals surface area contributed by atoms with Crippen molar-refractivity contribution in [3.8, 4) is 11.5 Å². The molecule has 0 fully saturated rings. The zero-order valence-corrected chi connectivity index (χ0v) is 9.63. The molecule has 0 N–H and O–H groups in total. The van der Waals surface area contributed by atoms with Gasteiger partial charge in [0.05, 0.1) is 11.3 Å². The maximum atomic E-state index is 5.35. The van der Waals surface area contributed by atoms with Gasteiger partial charge in [0.2, 0.25) is 5.89 Å². The zero-order chi connectivity index (χ0) is 10.1. The molecule has 0 aliphatic rings. The van der Waals surface area contributed by atoms with E-state index in [1.165, 1.54) is 5.56 Å². The summed E-state index contributed by atoms with van der Waals surface area (Å²) in [6, 6.07) is 6.03. The molecule has 0 saturated heterocycles. The van der Waals surface area contributed by atoms with Crippen LogP contribution >= 0.6 is 15.9 Å². The molecule has 14 heavy (non-hydrogen) atoms. The average molecular weight is 252 g/mol. The van der Waals surface area contributed by atoms with Crippen molar-refractivity contribution in [1.82, 2.24) is 4.98 Å². The van der Waals surface area contributed by atoms with Gasteiger partial charge in [0.1, 0.15) is 6.26 Å². The Morgan fingerprint density at radius 1 is 1.29 bits per heavy atom. The molecule has 0 saturated carbocycles. The van der Waals surface area contributed by atoms with Crippen molar-refractivity contribution in [3.63, 3.8) is 0 Å². The molecule has 0 aliphatic heterocycles. The molecule has 0 spiro atoms. The van der Waals surface area contributed by atoms with E-state index in [1.54, 1.807) is 6.26 Å². The Bertz CT molecular complexity index is 462. The Morgan fingerprint density at radius 3 is 2.71 bits per heavy atom. The second-order valence-corrected chi connectivity index (χ2v) is 4.02. The molecule has 1 aromatic carbocycles. The number of oxazole rings is 1. The lowest BCUT2D eigenvalue weighted by Gasteiger charge is -2.02. The SMILES string of the molecule is Cc1coc(-c2cccc(C)c2Br)n1. The lowest BCUT2D eigenvalue weighted by Crippen LogP contribution is -1.83. The van der Waals surface area contributed by atoms with E-state index in [9.17, 15) is 0 Å². The van der Waals surface area contributed by atoms with Crippen LogP contribution in [0.3, 0.4) is 0 Å². The third kappa shape index (κ3) is 1.60. The summed E-state index contributed by atoms with van der Waals surface area (Å²) in [7, 11) is 0. The Hall–Kier alpha value is -1.09. The van der Waals surface area contributed by atoms with Crippen molar-refractivity contribution in [2.24, 2.45) is 0 Å². The van der Waals surface area contributed by atoms with Gasteiger partial charge in [-0.3, -0.25) is 0 Å². The van der Waals surface area contributed by atoms with Crippen LogP contribution in [0.1, 0.15) is 11.3 Å². The normalized spacial score (nSPS) is 10.5. The minimum atomic E-state index is 0.665. The van der Waals surface area contributed by atoms with Gasteiger partial charge in [-0.15, -0.1) is 0 Å². The molecule has 0 bridgehead atoms. The maximum Gasteiger partial charge on any atom is 0.227 e. The predicted molar refractivity (Wildman–Crippen MR) is 59.1 cm³/mol. The van der Waals surface area contributed by atoms with Crippen molar-refractivity contribution < 1.29 is 4.42 Å². The van der Waals surface area contributed by atoms with E-state index in [1.807, 2.05) is 32.0 Å². The molecule has 2 rings (SSSR count). The molecule has 72 valence electrons. The fraction of sp³-hybridized carbons (Fsp3) is 0.182. The number of nitrogens with zero attached hydrogens (tertiary/aromatic N) is 1. The fourth-order valence-corrected chi connectivity index (χ4v) is 1.72. The fourth-order valence-electron chi connectivity index (χ4n) is 1.29. The number of halogens is 1. The van der Waals surface area contributed by atoms with Crippen LogP contribution in [0.2, 0.25) is 0 Å². The van der Waals surface area contributed by atoms with Crippen molar-refractivity contribution in [2.75, 3.05) is 0 Å². The lowest BCUT2D eigenvalue weighted by molar-refractivity contribution is 0.573. The lowest BCUT2D eigenvalue weighted by atomic mass is 10.1. The van der Waals surface area contributed by atoms with Crippen molar-refractivity contribution in [2.45, 2.75) is 13.8 Å². The molecular formula is C11H10BrNO. The Kier molecular flexibility index (Phi) is 2.42. The van der Waals surface area contributed by atoms with Gasteiger partial charge >= 0.3 is 0 Å². The van der Waals surface area contributed by atoms with Crippen LogP contribution < -0.4 is 0 Å². The van der Waals surface area contributed by atoms with Gasteiger partial charge in [-0.2, -0.15) is 0 Å². The molecule has 0 amide bonds. The molecule has 0 unspecified atom stereocenters. The third-order valence-electron chi connectivity index (χ3n) is 2.04. The van der Waals surface area contributed by atoms with Crippen LogP contribution in [0.15, 0.2) is 33.4 Å². The highest BCUT2D eigenvalue weighted by Crippen LogP contribution is 2.29. The summed E-state index contributed by atoms with van der Waals surface area (Å²) >= 11 is 3.53. The Balaban J connectivity index is 2.57. The van der Waals surface area contributed by atoms with Gasteiger partial charge in [-0.25, -0.2) is 4.98 Å². The summed E-state index contributed by atoms with van der Waals surface area (Å²) in [5.41, 5.74) is 3.07. The molecule has 2 nitrogen and oxygen atoms in total. The van der Waals surface area contributed by atoms with Gasteiger partial charge in [0.15, 0.2) is 0 Å². The summed E-state index contributed by atoms with van der Waals surface area (Å²) in [4.78, 5) is 4.29. The van der Waals surface area contributed by atoms with E-state index in [-0.39, 0.29) is 0 Å². The summed E-state index contributed by atoms with van der Waals surface area (Å²) in [5.74, 6) is 0.665. The van der Waals surface area contributed by atoms with Gasteiger partial charge in [0.25, 0.3) is 0 Å². The van der Waals surface area contributed by atoms with E-state index in [2.05, 4.69) is 20.9 Å². The van der Waals surface area contributed by atoms with Crippen molar-refractivity contribution in [3.05, 3.63) is 40.2 Å². The van der Waals surface area contributed by atoms with Gasteiger partial charge in [0, 0.05) is 4.47 Å². The minimum absolute atomic E-state index is 0.665. The molecule has 1 aromatic heterocycles. The summed E-state index contributed by atoms with van der Waals surface area (Å²) in [5, 5.41) is 0. The first-order chi connectivity index (χ1) is 6.68. The van der Waals surface area contributed by atoms with E-state index in [4.69, 9.17) is 4.42 Å². The maximum absolute atomic E-state index is 5.35. The van der Waals surface area contributed by atoms with Crippen molar-refractivity contribution in [1.29, 1.82) is 0 Å². The second kappa shape index (κ2) is 3.58. The quantitative estimate of drug-likeness (QED) is 0.773. The number of rotatable bonds is 1. The predicted octanol–water partition coefficient (Wildman–Crippen LogP) is 3.72. The largest absolute Gasteiger partial charge is 0.444 e. The highest BCUT2D eigenvalue weighted by molar-refractivity contribution is 9.10. The number of aromatic nitrogens is 1. The number of hydrogen-bond acceptors (Lipinski definition) is 2. The standard InChI is InChI=1S/C11H10BrNO/c1-7-4-3-5-9(10(7)12)11-13-8(2)6-14-11/h3-6H,1-2H3. The molecule has 1 heterocycles. The smallest absolute Gasteiger partial charge is 0.227 e. The first-order valence-corrected chi connectivity index (χ1v) is 5.15. The van der Waals surface area contributed by atoms with Crippen LogP contribution in [0, 0.1) is 13.8 Å². The summed E-state index contributed by atoms with van der Waals surface area (Å²) in [6.45, 7) is 3.96. The van der Waals surface area contributed by atoms with E-state index >= 15 is 0 Å². The van der Waals surface area contributed by atoms with Gasteiger partial charge < -0.3 is 4.42 Å².